The lowest BCUT2D eigenvalue weighted by atomic mass is 10.1. The molecule has 3 rings (SSSR count). The van der Waals surface area contributed by atoms with E-state index in [9.17, 15) is 0 Å². The fraction of sp³-hybridized carbons (Fsp3) is 0.381. The first kappa shape index (κ1) is 21.8. The summed E-state index contributed by atoms with van der Waals surface area (Å²) >= 11 is 1.75. The average Bonchev–Trinajstić information content (AvgIpc) is 3.38. The predicted octanol–water partition coefficient (Wildman–Crippen LogP) is 4.60. The Bertz CT molecular complexity index is 734. The van der Waals surface area contributed by atoms with Crippen LogP contribution in [0.1, 0.15) is 30.9 Å². The van der Waals surface area contributed by atoms with Crippen molar-refractivity contribution in [1.82, 2.24) is 10.6 Å². The second-order valence-electron chi connectivity index (χ2n) is 6.58. The fourth-order valence-corrected chi connectivity index (χ4v) is 3.76. The van der Waals surface area contributed by atoms with Crippen LogP contribution >= 0.6 is 35.3 Å². The van der Waals surface area contributed by atoms with Crippen molar-refractivity contribution in [2.45, 2.75) is 26.3 Å². The van der Waals surface area contributed by atoms with Crippen LogP contribution in [0.4, 0.5) is 5.69 Å². The van der Waals surface area contributed by atoms with Crippen molar-refractivity contribution in [3.05, 3.63) is 64.4 Å². The molecule has 0 fully saturated rings. The second-order valence-corrected chi connectivity index (χ2v) is 7.36. The molecule has 0 saturated carbocycles. The van der Waals surface area contributed by atoms with Crippen LogP contribution in [0.25, 0.3) is 0 Å². The zero-order valence-electron chi connectivity index (χ0n) is 16.0. The van der Waals surface area contributed by atoms with Gasteiger partial charge in [-0.25, -0.2) is 4.99 Å². The third-order valence-corrected chi connectivity index (χ3v) is 5.25. The molecule has 0 spiro atoms. The highest BCUT2D eigenvalue weighted by atomic mass is 127. The Kier molecular flexibility index (Phi) is 9.14. The third-order valence-electron chi connectivity index (χ3n) is 4.55. The highest BCUT2D eigenvalue weighted by Gasteiger charge is 2.09. The van der Waals surface area contributed by atoms with Crippen LogP contribution in [-0.4, -0.2) is 32.1 Å². The summed E-state index contributed by atoms with van der Waals surface area (Å²) in [6.07, 6.45) is 4.43. The van der Waals surface area contributed by atoms with Gasteiger partial charge >= 0.3 is 0 Å². The summed E-state index contributed by atoms with van der Waals surface area (Å²) in [6, 6.07) is 10.9. The molecule has 1 atom stereocenters. The predicted molar refractivity (Wildman–Crippen MR) is 129 cm³/mol. The largest absolute Gasteiger partial charge is 0.364 e. The molecule has 2 aromatic rings. The van der Waals surface area contributed by atoms with Gasteiger partial charge in [-0.2, -0.15) is 11.3 Å². The summed E-state index contributed by atoms with van der Waals surface area (Å²) in [5.74, 6) is 1.35. The molecule has 27 heavy (non-hydrogen) atoms. The van der Waals surface area contributed by atoms with E-state index in [1.54, 1.807) is 11.3 Å². The minimum absolute atomic E-state index is 0. The van der Waals surface area contributed by atoms with Gasteiger partial charge in [0.2, 0.25) is 0 Å². The third kappa shape index (κ3) is 6.53. The molecular formula is C21H29IN4S. The number of halogens is 1. The van der Waals surface area contributed by atoms with E-state index in [0.29, 0.717) is 12.5 Å². The Morgan fingerprint density at radius 1 is 1.22 bits per heavy atom. The number of aliphatic imine (C=N–C) groups is 1. The van der Waals surface area contributed by atoms with Gasteiger partial charge in [-0.1, -0.05) is 31.2 Å². The molecule has 1 aromatic carbocycles. The van der Waals surface area contributed by atoms with E-state index in [0.717, 1.165) is 32.1 Å². The number of anilines is 1. The van der Waals surface area contributed by atoms with Crippen molar-refractivity contribution in [3.63, 3.8) is 0 Å². The summed E-state index contributed by atoms with van der Waals surface area (Å²) in [5, 5.41) is 11.2. The molecule has 0 amide bonds. The molecule has 1 aliphatic rings. The average molecular weight is 496 g/mol. The van der Waals surface area contributed by atoms with Crippen LogP contribution in [0.2, 0.25) is 0 Å². The van der Waals surface area contributed by atoms with E-state index in [2.05, 4.69) is 82.6 Å². The number of guanidine groups is 1. The van der Waals surface area contributed by atoms with Gasteiger partial charge in [-0.15, -0.1) is 24.0 Å². The molecular weight excluding hydrogens is 467 g/mol. The summed E-state index contributed by atoms with van der Waals surface area (Å²) in [6.45, 7) is 8.75. The first-order valence-corrected chi connectivity index (χ1v) is 10.2. The quantitative estimate of drug-likeness (QED) is 0.255. The number of rotatable bonds is 7. The molecule has 1 unspecified atom stereocenters. The van der Waals surface area contributed by atoms with Crippen molar-refractivity contribution >= 4 is 47.0 Å². The molecule has 1 aromatic heterocycles. The van der Waals surface area contributed by atoms with Gasteiger partial charge in [-0.05, 0) is 52.9 Å². The number of hydrogen-bond acceptors (Lipinski definition) is 3. The normalized spacial score (nSPS) is 14.7. The van der Waals surface area contributed by atoms with E-state index >= 15 is 0 Å². The molecule has 4 nitrogen and oxygen atoms in total. The highest BCUT2D eigenvalue weighted by Crippen LogP contribution is 2.19. The summed E-state index contributed by atoms with van der Waals surface area (Å²) in [4.78, 5) is 7.13. The van der Waals surface area contributed by atoms with Gasteiger partial charge < -0.3 is 15.5 Å². The maximum atomic E-state index is 4.77. The summed E-state index contributed by atoms with van der Waals surface area (Å²) in [7, 11) is 0. The van der Waals surface area contributed by atoms with Gasteiger partial charge in [0.25, 0.3) is 0 Å². The standard InChI is InChI=1S/C21H28N4S.HI/c1-3-22-21(23-14-17(2)19-9-12-26-16-19)24-15-18-7-6-8-20(13-18)25-10-4-5-11-25;/h4-9,12-13,16-17H,3,10-11,14-15H2,1-2H3,(H2,22,23,24);1H. The van der Waals surface area contributed by atoms with Gasteiger partial charge in [0, 0.05) is 31.9 Å². The molecule has 6 heteroatoms. The minimum atomic E-state index is 0. The van der Waals surface area contributed by atoms with Crippen LogP contribution in [-0.2, 0) is 6.54 Å². The molecule has 0 radical (unpaired) electrons. The van der Waals surface area contributed by atoms with E-state index in [1.807, 2.05) is 0 Å². The molecule has 2 N–H and O–H groups in total. The Morgan fingerprint density at radius 2 is 2.04 bits per heavy atom. The fourth-order valence-electron chi connectivity index (χ4n) is 2.98. The second kappa shape index (κ2) is 11.3. The monoisotopic (exact) mass is 496 g/mol. The molecule has 2 heterocycles. The Hall–Kier alpha value is -1.54. The van der Waals surface area contributed by atoms with Crippen LogP contribution in [0.15, 0.2) is 58.2 Å². The van der Waals surface area contributed by atoms with Crippen molar-refractivity contribution in [1.29, 1.82) is 0 Å². The van der Waals surface area contributed by atoms with Gasteiger partial charge in [0.1, 0.15) is 0 Å². The maximum Gasteiger partial charge on any atom is 0.191 e. The number of nitrogens with zero attached hydrogens (tertiary/aromatic N) is 2. The molecule has 146 valence electrons. The van der Waals surface area contributed by atoms with Crippen LogP contribution in [0.3, 0.4) is 0 Å². The first-order chi connectivity index (χ1) is 12.8. The van der Waals surface area contributed by atoms with Gasteiger partial charge in [0.15, 0.2) is 5.96 Å². The Labute approximate surface area is 183 Å². The smallest absolute Gasteiger partial charge is 0.191 e. The number of hydrogen-bond donors (Lipinski definition) is 2. The van der Waals surface area contributed by atoms with E-state index in [4.69, 9.17) is 4.99 Å². The maximum absolute atomic E-state index is 4.77. The van der Waals surface area contributed by atoms with E-state index in [-0.39, 0.29) is 24.0 Å². The van der Waals surface area contributed by atoms with Crippen molar-refractivity contribution < 1.29 is 0 Å². The van der Waals surface area contributed by atoms with Crippen LogP contribution < -0.4 is 15.5 Å². The lowest BCUT2D eigenvalue weighted by Gasteiger charge is -2.18. The topological polar surface area (TPSA) is 39.7 Å². The highest BCUT2D eigenvalue weighted by molar-refractivity contribution is 14.0. The number of nitrogens with one attached hydrogen (secondary N) is 2. The summed E-state index contributed by atoms with van der Waals surface area (Å²) < 4.78 is 0. The lowest BCUT2D eigenvalue weighted by Crippen LogP contribution is -2.39. The Morgan fingerprint density at radius 3 is 2.74 bits per heavy atom. The lowest BCUT2D eigenvalue weighted by molar-refractivity contribution is 0.701. The van der Waals surface area contributed by atoms with E-state index in [1.165, 1.54) is 16.8 Å². The molecule has 0 bridgehead atoms. The number of benzene rings is 1. The SMILES string of the molecule is CCNC(=NCc1cccc(N2CC=CC2)c1)NCC(C)c1ccsc1.I. The zero-order valence-corrected chi connectivity index (χ0v) is 19.2. The van der Waals surface area contributed by atoms with Crippen molar-refractivity contribution in [2.24, 2.45) is 4.99 Å². The molecule has 1 aliphatic heterocycles. The van der Waals surface area contributed by atoms with Gasteiger partial charge in [0.05, 0.1) is 6.54 Å². The first-order valence-electron chi connectivity index (χ1n) is 9.29. The van der Waals surface area contributed by atoms with Crippen molar-refractivity contribution in [2.75, 3.05) is 31.1 Å². The van der Waals surface area contributed by atoms with Crippen molar-refractivity contribution in [3.8, 4) is 0 Å². The zero-order chi connectivity index (χ0) is 18.2. The van der Waals surface area contributed by atoms with Crippen LogP contribution in [0, 0.1) is 0 Å². The summed E-state index contributed by atoms with van der Waals surface area (Å²) in [5.41, 5.74) is 3.88. The van der Waals surface area contributed by atoms with Crippen LogP contribution in [0.5, 0.6) is 0 Å². The van der Waals surface area contributed by atoms with Gasteiger partial charge in [-0.3, -0.25) is 0 Å². The van der Waals surface area contributed by atoms with E-state index < -0.39 is 0 Å². The minimum Gasteiger partial charge on any atom is -0.364 e. The Balaban J connectivity index is 0.00000261. The molecule has 0 aliphatic carbocycles. The number of thiophene rings is 1. The molecule has 0 saturated heterocycles.